The number of piperazine rings is 1. The quantitative estimate of drug-likeness (QED) is 0.684. The Hall–Kier alpha value is -2.08. The van der Waals surface area contributed by atoms with Crippen LogP contribution in [0.15, 0.2) is 48.5 Å². The van der Waals surface area contributed by atoms with Crippen molar-refractivity contribution in [3.05, 3.63) is 53.6 Å². The van der Waals surface area contributed by atoms with Crippen molar-refractivity contribution in [2.24, 2.45) is 0 Å². The number of nitrogens with zero attached hydrogens (tertiary/aromatic N) is 1. The number of ether oxygens (including phenoxy) is 1. The first-order valence-electron chi connectivity index (χ1n) is 9.40. The summed E-state index contributed by atoms with van der Waals surface area (Å²) in [4.78, 5) is 14.4. The van der Waals surface area contributed by atoms with Gasteiger partial charge in [0.05, 0.1) is 5.02 Å². The summed E-state index contributed by atoms with van der Waals surface area (Å²) >= 11 is 6.31. The Morgan fingerprint density at radius 1 is 1.11 bits per heavy atom. The zero-order valence-corrected chi connectivity index (χ0v) is 16.2. The molecular weight excluding hydrogens is 362 g/mol. The van der Waals surface area contributed by atoms with Crippen molar-refractivity contribution in [3.63, 3.8) is 0 Å². The minimum Gasteiger partial charge on any atom is -0.482 e. The van der Waals surface area contributed by atoms with Gasteiger partial charge in [-0.1, -0.05) is 48.0 Å². The van der Waals surface area contributed by atoms with Crippen molar-refractivity contribution in [1.29, 1.82) is 0 Å². The molecule has 1 aliphatic heterocycles. The maximum atomic E-state index is 12.0. The van der Waals surface area contributed by atoms with Gasteiger partial charge in [0.1, 0.15) is 5.75 Å². The molecule has 1 aliphatic rings. The number of rotatable bonds is 8. The van der Waals surface area contributed by atoms with Gasteiger partial charge in [0.25, 0.3) is 5.91 Å². The van der Waals surface area contributed by atoms with Crippen molar-refractivity contribution >= 4 is 17.5 Å². The molecule has 5 nitrogen and oxygen atoms in total. The van der Waals surface area contributed by atoms with E-state index in [9.17, 15) is 4.79 Å². The molecule has 2 aromatic carbocycles. The molecule has 1 fully saturated rings. The summed E-state index contributed by atoms with van der Waals surface area (Å²) in [5.41, 5.74) is 2.11. The maximum absolute atomic E-state index is 12.0. The normalized spacial score (nSPS) is 14.7. The Morgan fingerprint density at radius 3 is 2.63 bits per heavy atom. The molecule has 0 radical (unpaired) electrons. The highest BCUT2D eigenvalue weighted by Crippen LogP contribution is 2.30. The second-order valence-corrected chi connectivity index (χ2v) is 7.00. The Kier molecular flexibility index (Phi) is 7.51. The fourth-order valence-corrected chi connectivity index (χ4v) is 3.32. The van der Waals surface area contributed by atoms with E-state index in [1.807, 2.05) is 48.5 Å². The van der Waals surface area contributed by atoms with Crippen molar-refractivity contribution in [3.8, 4) is 16.9 Å². The second-order valence-electron chi connectivity index (χ2n) is 6.60. The number of nitrogens with one attached hydrogen (secondary N) is 2. The van der Waals surface area contributed by atoms with Gasteiger partial charge in [-0.05, 0) is 36.2 Å². The van der Waals surface area contributed by atoms with E-state index in [0.29, 0.717) is 17.3 Å². The van der Waals surface area contributed by atoms with E-state index < -0.39 is 0 Å². The topological polar surface area (TPSA) is 53.6 Å². The molecule has 1 heterocycles. The summed E-state index contributed by atoms with van der Waals surface area (Å²) in [6.45, 7) is 5.89. The number of halogens is 1. The number of amides is 1. The smallest absolute Gasteiger partial charge is 0.257 e. The van der Waals surface area contributed by atoms with Crippen LogP contribution < -0.4 is 15.4 Å². The summed E-state index contributed by atoms with van der Waals surface area (Å²) in [7, 11) is 0. The molecule has 2 aromatic rings. The van der Waals surface area contributed by atoms with Gasteiger partial charge in [-0.15, -0.1) is 0 Å². The van der Waals surface area contributed by atoms with Gasteiger partial charge in [0.15, 0.2) is 6.61 Å². The summed E-state index contributed by atoms with van der Waals surface area (Å²) in [5, 5.41) is 6.74. The van der Waals surface area contributed by atoms with Gasteiger partial charge < -0.3 is 20.3 Å². The predicted octanol–water partition coefficient (Wildman–Crippen LogP) is 2.80. The standard InChI is InChI=1S/C21H26ClN3O2/c22-19-15-18(17-5-2-1-3-6-17)7-8-20(19)27-16-21(26)24-9-4-12-25-13-10-23-11-14-25/h1-3,5-8,15,23H,4,9-14,16H2,(H,24,26). The Bertz CT molecular complexity index is 733. The van der Waals surface area contributed by atoms with Gasteiger partial charge in [0.2, 0.25) is 0 Å². The number of carbonyl (C=O) groups is 1. The molecule has 0 spiro atoms. The fourth-order valence-electron chi connectivity index (χ4n) is 3.09. The maximum Gasteiger partial charge on any atom is 0.257 e. The summed E-state index contributed by atoms with van der Waals surface area (Å²) in [6.07, 6.45) is 0.943. The first-order valence-corrected chi connectivity index (χ1v) is 9.78. The lowest BCUT2D eigenvalue weighted by atomic mass is 10.1. The molecule has 0 bridgehead atoms. The molecule has 0 aromatic heterocycles. The number of hydrogen-bond acceptors (Lipinski definition) is 4. The van der Waals surface area contributed by atoms with E-state index in [1.54, 1.807) is 0 Å². The third-order valence-electron chi connectivity index (χ3n) is 4.58. The van der Waals surface area contributed by atoms with Crippen molar-refractivity contribution in [1.82, 2.24) is 15.5 Å². The highest BCUT2D eigenvalue weighted by molar-refractivity contribution is 6.32. The van der Waals surface area contributed by atoms with Crippen LogP contribution in [-0.2, 0) is 4.79 Å². The van der Waals surface area contributed by atoms with Crippen LogP contribution in [0.25, 0.3) is 11.1 Å². The van der Waals surface area contributed by atoms with Gasteiger partial charge in [-0.3, -0.25) is 4.79 Å². The second kappa shape index (κ2) is 10.3. The summed E-state index contributed by atoms with van der Waals surface area (Å²) in [5.74, 6) is 0.394. The highest BCUT2D eigenvalue weighted by atomic mass is 35.5. The van der Waals surface area contributed by atoms with E-state index in [1.165, 1.54) is 0 Å². The van der Waals surface area contributed by atoms with Crippen LogP contribution in [0, 0.1) is 0 Å². The van der Waals surface area contributed by atoms with Crippen LogP contribution in [0.5, 0.6) is 5.75 Å². The Morgan fingerprint density at radius 2 is 1.89 bits per heavy atom. The molecular formula is C21H26ClN3O2. The zero-order valence-electron chi connectivity index (χ0n) is 15.4. The largest absolute Gasteiger partial charge is 0.482 e. The van der Waals surface area contributed by atoms with Gasteiger partial charge in [-0.25, -0.2) is 0 Å². The fraction of sp³-hybridized carbons (Fsp3) is 0.381. The SMILES string of the molecule is O=C(COc1ccc(-c2ccccc2)cc1Cl)NCCCN1CCNCC1. The molecule has 0 aliphatic carbocycles. The molecule has 6 heteroatoms. The average molecular weight is 388 g/mol. The molecule has 3 rings (SSSR count). The van der Waals surface area contributed by atoms with Crippen molar-refractivity contribution < 1.29 is 9.53 Å². The lowest BCUT2D eigenvalue weighted by molar-refractivity contribution is -0.123. The third-order valence-corrected chi connectivity index (χ3v) is 4.88. The molecule has 0 atom stereocenters. The molecule has 144 valence electrons. The Labute approximate surface area is 165 Å². The zero-order chi connectivity index (χ0) is 18.9. The van der Waals surface area contributed by atoms with E-state index in [0.717, 1.165) is 50.3 Å². The predicted molar refractivity (Wildman–Crippen MR) is 109 cm³/mol. The first kappa shape index (κ1) is 19.7. The average Bonchev–Trinajstić information content (AvgIpc) is 2.72. The lowest BCUT2D eigenvalue weighted by Gasteiger charge is -2.27. The van der Waals surface area contributed by atoms with Gasteiger partial charge in [0, 0.05) is 32.7 Å². The molecule has 0 saturated carbocycles. The number of carbonyl (C=O) groups excluding carboxylic acids is 1. The van der Waals surface area contributed by atoms with Crippen LogP contribution in [0.3, 0.4) is 0 Å². The molecule has 1 amide bonds. The van der Waals surface area contributed by atoms with E-state index in [-0.39, 0.29) is 12.5 Å². The first-order chi connectivity index (χ1) is 13.2. The van der Waals surface area contributed by atoms with Crippen LogP contribution >= 0.6 is 11.6 Å². The van der Waals surface area contributed by atoms with Gasteiger partial charge >= 0.3 is 0 Å². The van der Waals surface area contributed by atoms with Crippen molar-refractivity contribution in [2.45, 2.75) is 6.42 Å². The van der Waals surface area contributed by atoms with E-state index in [2.05, 4.69) is 15.5 Å². The number of hydrogen-bond donors (Lipinski definition) is 2. The molecule has 2 N–H and O–H groups in total. The van der Waals surface area contributed by atoms with Gasteiger partial charge in [-0.2, -0.15) is 0 Å². The van der Waals surface area contributed by atoms with E-state index >= 15 is 0 Å². The lowest BCUT2D eigenvalue weighted by Crippen LogP contribution is -2.44. The number of benzene rings is 2. The van der Waals surface area contributed by atoms with Crippen LogP contribution in [0.1, 0.15) is 6.42 Å². The van der Waals surface area contributed by atoms with Crippen LogP contribution in [-0.4, -0.2) is 56.7 Å². The molecule has 27 heavy (non-hydrogen) atoms. The monoisotopic (exact) mass is 387 g/mol. The third kappa shape index (κ3) is 6.24. The molecule has 0 unspecified atom stereocenters. The van der Waals surface area contributed by atoms with E-state index in [4.69, 9.17) is 16.3 Å². The highest BCUT2D eigenvalue weighted by Gasteiger charge is 2.10. The molecule has 1 saturated heterocycles. The van der Waals surface area contributed by atoms with Crippen LogP contribution in [0.2, 0.25) is 5.02 Å². The van der Waals surface area contributed by atoms with Crippen molar-refractivity contribution in [2.75, 3.05) is 45.9 Å². The summed E-state index contributed by atoms with van der Waals surface area (Å²) < 4.78 is 5.57. The minimum atomic E-state index is -0.126. The summed E-state index contributed by atoms with van der Waals surface area (Å²) in [6, 6.07) is 15.6. The Balaban J connectivity index is 1.39. The minimum absolute atomic E-state index is 0.0297. The van der Waals surface area contributed by atoms with Crippen LogP contribution in [0.4, 0.5) is 0 Å².